The van der Waals surface area contributed by atoms with Gasteiger partial charge in [-0.3, -0.25) is 10.1 Å². The lowest BCUT2D eigenvalue weighted by Crippen LogP contribution is -2.56. The molecule has 0 bridgehead atoms. The van der Waals surface area contributed by atoms with Crippen molar-refractivity contribution in [3.8, 4) is 0 Å². The van der Waals surface area contributed by atoms with Crippen LogP contribution in [-0.4, -0.2) is 36.5 Å². The van der Waals surface area contributed by atoms with Crippen molar-refractivity contribution < 1.29 is 23.9 Å². The summed E-state index contributed by atoms with van der Waals surface area (Å²) in [5.41, 5.74) is -1.08. The van der Waals surface area contributed by atoms with Gasteiger partial charge in [0.05, 0.1) is 29.3 Å². The third-order valence-electron chi connectivity index (χ3n) is 3.93. The molecule has 1 aromatic rings. The molecule has 140 valence electrons. The van der Waals surface area contributed by atoms with Gasteiger partial charge in [0.2, 0.25) is 5.54 Å². The number of ketones is 1. The molecule has 1 aromatic carbocycles. The summed E-state index contributed by atoms with van der Waals surface area (Å²) in [6.07, 6.45) is 1.28. The van der Waals surface area contributed by atoms with Gasteiger partial charge < -0.3 is 9.47 Å². The van der Waals surface area contributed by atoms with E-state index in [0.29, 0.717) is 15.6 Å². The van der Waals surface area contributed by atoms with Crippen LogP contribution in [0.25, 0.3) is 0 Å². The van der Waals surface area contributed by atoms with Crippen LogP contribution in [0.2, 0.25) is 10.0 Å². The average Bonchev–Trinajstić information content (AvgIpc) is 3.00. The van der Waals surface area contributed by atoms with Crippen molar-refractivity contribution in [3.05, 3.63) is 45.5 Å². The first-order valence-corrected chi connectivity index (χ1v) is 8.83. The Hall–Kier alpha value is -1.89. The van der Waals surface area contributed by atoms with Gasteiger partial charge >= 0.3 is 11.9 Å². The Morgan fingerprint density at radius 1 is 1.08 bits per heavy atom. The molecule has 0 aromatic heterocycles. The molecule has 1 heterocycles. The summed E-state index contributed by atoms with van der Waals surface area (Å²) < 4.78 is 10.1. The van der Waals surface area contributed by atoms with Gasteiger partial charge in [0.1, 0.15) is 0 Å². The molecule has 0 radical (unpaired) electrons. The van der Waals surface area contributed by atoms with E-state index in [1.807, 2.05) is 0 Å². The van der Waals surface area contributed by atoms with Crippen molar-refractivity contribution in [1.29, 1.82) is 0 Å². The van der Waals surface area contributed by atoms with E-state index in [1.54, 1.807) is 32.0 Å². The Kier molecular flexibility index (Phi) is 6.44. The smallest absolute Gasteiger partial charge is 0.342 e. The van der Waals surface area contributed by atoms with Crippen LogP contribution in [0.15, 0.2) is 29.8 Å². The maximum absolute atomic E-state index is 12.6. The van der Waals surface area contributed by atoms with Crippen molar-refractivity contribution >= 4 is 40.9 Å². The predicted molar refractivity (Wildman–Crippen MR) is 97.1 cm³/mol. The molecular formula is C18H19Cl2NO5. The molecular weight excluding hydrogens is 381 g/mol. The van der Waals surface area contributed by atoms with Crippen LogP contribution in [0.1, 0.15) is 32.4 Å². The zero-order valence-electron chi connectivity index (χ0n) is 14.6. The minimum Gasteiger partial charge on any atom is -0.464 e. The normalized spacial score (nSPS) is 18.2. The average molecular weight is 400 g/mol. The molecule has 26 heavy (non-hydrogen) atoms. The second kappa shape index (κ2) is 8.20. The summed E-state index contributed by atoms with van der Waals surface area (Å²) in [6.45, 7) is 4.74. The number of ether oxygens (including phenoxy) is 2. The monoisotopic (exact) mass is 399 g/mol. The number of hydrogen-bond donors (Lipinski definition) is 1. The highest BCUT2D eigenvalue weighted by Crippen LogP contribution is 2.37. The first-order chi connectivity index (χ1) is 12.3. The van der Waals surface area contributed by atoms with Crippen molar-refractivity contribution in [2.45, 2.75) is 32.4 Å². The molecule has 1 aliphatic heterocycles. The Bertz CT molecular complexity index is 757. The quantitative estimate of drug-likeness (QED) is 0.584. The standard InChI is InChI=1S/C18H19Cl2NO5/c1-4-25-16(23)18(17(24)26-5-2)9-12(10(3)22)15(21-18)11-6-7-13(19)14(20)8-11/h6-9,15,21H,4-5H2,1-3H3/t15-/m0/s1. The number of halogens is 2. The van der Waals surface area contributed by atoms with E-state index >= 15 is 0 Å². The Morgan fingerprint density at radius 2 is 1.65 bits per heavy atom. The Balaban J connectivity index is 2.55. The molecule has 1 N–H and O–H groups in total. The Morgan fingerprint density at radius 3 is 2.12 bits per heavy atom. The lowest BCUT2D eigenvalue weighted by Gasteiger charge is -2.26. The second-order valence-corrected chi connectivity index (χ2v) is 6.47. The maximum atomic E-state index is 12.6. The summed E-state index contributed by atoms with van der Waals surface area (Å²) in [4.78, 5) is 37.3. The third-order valence-corrected chi connectivity index (χ3v) is 4.67. The zero-order valence-corrected chi connectivity index (χ0v) is 16.1. The van der Waals surface area contributed by atoms with Crippen LogP contribution in [0, 0.1) is 0 Å². The van der Waals surface area contributed by atoms with Gasteiger partial charge in [-0.2, -0.15) is 0 Å². The highest BCUT2D eigenvalue weighted by Gasteiger charge is 2.54. The number of carbonyl (C=O) groups is 3. The fraction of sp³-hybridized carbons (Fsp3) is 0.389. The van der Waals surface area contributed by atoms with Gasteiger partial charge in [-0.05, 0) is 44.5 Å². The van der Waals surface area contributed by atoms with Gasteiger partial charge in [-0.15, -0.1) is 0 Å². The molecule has 2 rings (SSSR count). The van der Waals surface area contributed by atoms with Crippen LogP contribution in [0.5, 0.6) is 0 Å². The lowest BCUT2D eigenvalue weighted by atomic mass is 9.97. The molecule has 0 unspecified atom stereocenters. The third kappa shape index (κ3) is 3.77. The molecule has 0 aliphatic carbocycles. The highest BCUT2D eigenvalue weighted by molar-refractivity contribution is 6.42. The van der Waals surface area contributed by atoms with Gasteiger partial charge in [-0.1, -0.05) is 29.3 Å². The van der Waals surface area contributed by atoms with Gasteiger partial charge in [0.25, 0.3) is 0 Å². The minimum atomic E-state index is -1.90. The fourth-order valence-corrected chi connectivity index (χ4v) is 3.04. The van der Waals surface area contributed by atoms with Crippen LogP contribution in [0.3, 0.4) is 0 Å². The minimum absolute atomic E-state index is 0.0718. The molecule has 0 spiro atoms. The molecule has 0 saturated heterocycles. The molecule has 8 heteroatoms. The van der Waals surface area contributed by atoms with E-state index in [1.165, 1.54) is 13.0 Å². The summed E-state index contributed by atoms with van der Waals surface area (Å²) in [5, 5.41) is 3.54. The van der Waals surface area contributed by atoms with E-state index in [4.69, 9.17) is 32.7 Å². The van der Waals surface area contributed by atoms with Crippen molar-refractivity contribution in [3.63, 3.8) is 0 Å². The lowest BCUT2D eigenvalue weighted by molar-refractivity contribution is -0.162. The summed E-state index contributed by atoms with van der Waals surface area (Å²) in [6, 6.07) is 4.07. The number of benzene rings is 1. The van der Waals surface area contributed by atoms with Crippen LogP contribution < -0.4 is 5.32 Å². The van der Waals surface area contributed by atoms with Crippen molar-refractivity contribution in [2.24, 2.45) is 0 Å². The number of carbonyl (C=O) groups excluding carboxylic acids is 3. The molecule has 1 atom stereocenters. The van der Waals surface area contributed by atoms with Gasteiger partial charge in [-0.25, -0.2) is 9.59 Å². The number of hydrogen-bond acceptors (Lipinski definition) is 6. The van der Waals surface area contributed by atoms with Crippen molar-refractivity contribution in [2.75, 3.05) is 13.2 Å². The van der Waals surface area contributed by atoms with E-state index in [2.05, 4.69) is 5.32 Å². The topological polar surface area (TPSA) is 81.7 Å². The van der Waals surface area contributed by atoms with Crippen LogP contribution in [-0.2, 0) is 23.9 Å². The number of nitrogens with one attached hydrogen (secondary N) is 1. The van der Waals surface area contributed by atoms with E-state index in [-0.39, 0.29) is 24.6 Å². The highest BCUT2D eigenvalue weighted by atomic mass is 35.5. The summed E-state index contributed by atoms with van der Waals surface area (Å²) in [7, 11) is 0. The first-order valence-electron chi connectivity index (χ1n) is 8.07. The first kappa shape index (κ1) is 20.4. The maximum Gasteiger partial charge on any atom is 0.342 e. The van der Waals surface area contributed by atoms with Crippen LogP contribution >= 0.6 is 23.2 Å². The number of Topliss-reactive ketones (excluding diaryl/α,β-unsaturated/α-hetero) is 1. The van der Waals surface area contributed by atoms with E-state index in [9.17, 15) is 14.4 Å². The SMILES string of the molecule is CCOC(=O)C1(C(=O)OCC)C=C(C(C)=O)[C@H](c2ccc(Cl)c(Cl)c2)N1. The zero-order chi connectivity index (χ0) is 19.5. The number of esters is 2. The van der Waals surface area contributed by atoms with Gasteiger partial charge in [0, 0.05) is 5.57 Å². The van der Waals surface area contributed by atoms with E-state index in [0.717, 1.165) is 0 Å². The van der Waals surface area contributed by atoms with Gasteiger partial charge in [0.15, 0.2) is 5.78 Å². The molecule has 1 aliphatic rings. The molecule has 0 amide bonds. The Labute approximate surface area is 161 Å². The van der Waals surface area contributed by atoms with Crippen molar-refractivity contribution in [1.82, 2.24) is 5.32 Å². The van der Waals surface area contributed by atoms with E-state index < -0.39 is 23.5 Å². The molecule has 0 saturated carbocycles. The second-order valence-electron chi connectivity index (χ2n) is 5.66. The largest absolute Gasteiger partial charge is 0.464 e. The molecule has 0 fully saturated rings. The number of rotatable bonds is 6. The molecule has 6 nitrogen and oxygen atoms in total. The van der Waals surface area contributed by atoms with Crippen LogP contribution in [0.4, 0.5) is 0 Å². The fourth-order valence-electron chi connectivity index (χ4n) is 2.73. The summed E-state index contributed by atoms with van der Waals surface area (Å²) >= 11 is 12.0. The summed E-state index contributed by atoms with van der Waals surface area (Å²) in [5.74, 6) is -1.97. The predicted octanol–water partition coefficient (Wildman–Crippen LogP) is 3.02.